The van der Waals surface area contributed by atoms with Crippen LogP contribution in [0.3, 0.4) is 0 Å². The number of fused-ring (bicyclic) bond motifs is 1. The molecule has 0 radical (unpaired) electrons. The Morgan fingerprint density at radius 3 is 2.50 bits per heavy atom. The van der Waals surface area contributed by atoms with Crippen molar-refractivity contribution in [2.45, 2.75) is 18.9 Å². The molecule has 0 unspecified atom stereocenters. The van der Waals surface area contributed by atoms with Gasteiger partial charge in [-0.25, -0.2) is 4.79 Å². The third-order valence-electron chi connectivity index (χ3n) is 4.70. The SMILES string of the molecule is CCOC(=O)[C@H]1c2cc(/C=C/C(=O)O)cc(OC)c2O[C@@H]1c1ccc(O)c(OC)c1. The second-order valence-electron chi connectivity index (χ2n) is 6.51. The number of ether oxygens (including phenoxy) is 4. The van der Waals surface area contributed by atoms with E-state index in [4.69, 9.17) is 24.1 Å². The molecule has 0 spiro atoms. The molecule has 2 aromatic carbocycles. The first-order valence-electron chi connectivity index (χ1n) is 9.22. The van der Waals surface area contributed by atoms with Crippen LogP contribution in [0.4, 0.5) is 0 Å². The Kier molecular flexibility index (Phi) is 6.15. The maximum Gasteiger partial charge on any atom is 0.328 e. The van der Waals surface area contributed by atoms with Crippen molar-refractivity contribution >= 4 is 18.0 Å². The summed E-state index contributed by atoms with van der Waals surface area (Å²) in [5, 5.41) is 18.8. The van der Waals surface area contributed by atoms with E-state index >= 15 is 0 Å². The van der Waals surface area contributed by atoms with Gasteiger partial charge in [-0.05, 0) is 48.4 Å². The van der Waals surface area contributed by atoms with Crippen molar-refractivity contribution in [2.24, 2.45) is 0 Å². The molecular weight excluding hydrogens is 392 g/mol. The van der Waals surface area contributed by atoms with Gasteiger partial charge in [0.05, 0.1) is 20.8 Å². The minimum absolute atomic E-state index is 0.0388. The molecule has 158 valence electrons. The molecule has 1 heterocycles. The fourth-order valence-corrected chi connectivity index (χ4v) is 3.39. The molecule has 0 bridgehead atoms. The average Bonchev–Trinajstić information content (AvgIpc) is 3.11. The number of carboxylic acid groups (broad SMARTS) is 1. The number of phenols is 1. The molecule has 1 aliphatic heterocycles. The Balaban J connectivity index is 2.13. The molecule has 3 rings (SSSR count). The van der Waals surface area contributed by atoms with Gasteiger partial charge in [-0.15, -0.1) is 0 Å². The number of hydrogen-bond acceptors (Lipinski definition) is 7. The largest absolute Gasteiger partial charge is 0.504 e. The third kappa shape index (κ3) is 4.03. The van der Waals surface area contributed by atoms with Gasteiger partial charge in [-0.2, -0.15) is 0 Å². The first-order chi connectivity index (χ1) is 14.4. The normalized spacial score (nSPS) is 17.3. The van der Waals surface area contributed by atoms with Crippen molar-refractivity contribution in [1.29, 1.82) is 0 Å². The molecule has 2 aromatic rings. The van der Waals surface area contributed by atoms with Gasteiger partial charge < -0.3 is 29.2 Å². The van der Waals surface area contributed by atoms with E-state index in [9.17, 15) is 14.7 Å². The number of aromatic hydroxyl groups is 1. The van der Waals surface area contributed by atoms with Gasteiger partial charge in [0.2, 0.25) is 0 Å². The highest BCUT2D eigenvalue weighted by Gasteiger charge is 2.43. The highest BCUT2D eigenvalue weighted by molar-refractivity contribution is 5.87. The van der Waals surface area contributed by atoms with Crippen molar-refractivity contribution in [3.63, 3.8) is 0 Å². The number of phenolic OH excluding ortho intramolecular Hbond substituents is 1. The van der Waals surface area contributed by atoms with Crippen LogP contribution in [0.1, 0.15) is 35.6 Å². The van der Waals surface area contributed by atoms with Gasteiger partial charge >= 0.3 is 11.9 Å². The van der Waals surface area contributed by atoms with Crippen molar-refractivity contribution in [1.82, 2.24) is 0 Å². The van der Waals surface area contributed by atoms with Gasteiger partial charge in [0.1, 0.15) is 12.0 Å². The number of carboxylic acids is 1. The summed E-state index contributed by atoms with van der Waals surface area (Å²) in [7, 11) is 2.88. The summed E-state index contributed by atoms with van der Waals surface area (Å²) in [6, 6.07) is 7.99. The highest BCUT2D eigenvalue weighted by atomic mass is 16.5. The van der Waals surface area contributed by atoms with Crippen LogP contribution in [0.2, 0.25) is 0 Å². The van der Waals surface area contributed by atoms with Crippen molar-refractivity contribution < 1.29 is 38.7 Å². The highest BCUT2D eigenvalue weighted by Crippen LogP contribution is 2.52. The zero-order valence-corrected chi connectivity index (χ0v) is 16.7. The van der Waals surface area contributed by atoms with E-state index in [1.165, 1.54) is 26.4 Å². The number of aliphatic carboxylic acids is 1. The Morgan fingerprint density at radius 1 is 1.13 bits per heavy atom. The number of methoxy groups -OCH3 is 2. The molecule has 0 saturated heterocycles. The zero-order chi connectivity index (χ0) is 21.8. The van der Waals surface area contributed by atoms with E-state index in [2.05, 4.69) is 0 Å². The topological polar surface area (TPSA) is 112 Å². The van der Waals surface area contributed by atoms with E-state index in [1.54, 1.807) is 31.2 Å². The minimum atomic E-state index is -1.10. The number of carbonyl (C=O) groups is 2. The van der Waals surface area contributed by atoms with Gasteiger partial charge in [0, 0.05) is 11.6 Å². The minimum Gasteiger partial charge on any atom is -0.504 e. The Labute approximate surface area is 173 Å². The molecule has 0 fully saturated rings. The van der Waals surface area contributed by atoms with Crippen LogP contribution in [-0.4, -0.2) is 43.0 Å². The fourth-order valence-electron chi connectivity index (χ4n) is 3.39. The summed E-state index contributed by atoms with van der Waals surface area (Å²) in [4.78, 5) is 23.7. The van der Waals surface area contributed by atoms with Gasteiger partial charge in [-0.3, -0.25) is 4.79 Å². The van der Waals surface area contributed by atoms with Crippen LogP contribution in [0.15, 0.2) is 36.4 Å². The second-order valence-corrected chi connectivity index (χ2v) is 6.51. The first-order valence-corrected chi connectivity index (χ1v) is 9.22. The lowest BCUT2D eigenvalue weighted by Gasteiger charge is -2.19. The molecule has 1 aliphatic rings. The van der Waals surface area contributed by atoms with Crippen molar-refractivity contribution in [3.05, 3.63) is 53.1 Å². The Morgan fingerprint density at radius 2 is 1.87 bits per heavy atom. The molecule has 30 heavy (non-hydrogen) atoms. The van der Waals surface area contributed by atoms with Crippen LogP contribution in [-0.2, 0) is 14.3 Å². The van der Waals surface area contributed by atoms with Crippen LogP contribution >= 0.6 is 0 Å². The maximum absolute atomic E-state index is 12.9. The summed E-state index contributed by atoms with van der Waals surface area (Å²) >= 11 is 0. The van der Waals surface area contributed by atoms with Crippen LogP contribution in [0.5, 0.6) is 23.0 Å². The van der Waals surface area contributed by atoms with Crippen LogP contribution in [0.25, 0.3) is 6.08 Å². The third-order valence-corrected chi connectivity index (χ3v) is 4.70. The van der Waals surface area contributed by atoms with Crippen molar-refractivity contribution in [3.8, 4) is 23.0 Å². The summed E-state index contributed by atoms with van der Waals surface area (Å²) in [6.45, 7) is 1.89. The van der Waals surface area contributed by atoms with E-state index in [0.717, 1.165) is 6.08 Å². The Bertz CT molecular complexity index is 995. The molecule has 8 nitrogen and oxygen atoms in total. The number of esters is 1. The van der Waals surface area contributed by atoms with Gasteiger partial charge in [0.15, 0.2) is 23.0 Å². The molecule has 2 atom stereocenters. The summed E-state index contributed by atoms with van der Waals surface area (Å²) < 4.78 is 22.0. The summed E-state index contributed by atoms with van der Waals surface area (Å²) in [6.07, 6.45) is 1.66. The van der Waals surface area contributed by atoms with Gasteiger partial charge in [-0.1, -0.05) is 6.07 Å². The predicted octanol–water partition coefficient (Wildman–Crippen LogP) is 3.29. The quantitative estimate of drug-likeness (QED) is 0.524. The predicted molar refractivity (Wildman–Crippen MR) is 107 cm³/mol. The monoisotopic (exact) mass is 414 g/mol. The molecular formula is C22H22O8. The van der Waals surface area contributed by atoms with E-state index in [0.29, 0.717) is 28.2 Å². The maximum atomic E-state index is 12.9. The smallest absolute Gasteiger partial charge is 0.328 e. The summed E-state index contributed by atoms with van der Waals surface area (Å²) in [5.74, 6) is -1.47. The number of benzene rings is 2. The van der Waals surface area contributed by atoms with Crippen LogP contribution < -0.4 is 14.2 Å². The molecule has 0 aromatic heterocycles. The Hall–Kier alpha value is -3.68. The molecule has 0 saturated carbocycles. The first kappa shape index (κ1) is 21.0. The molecule has 2 N–H and O–H groups in total. The fraction of sp³-hybridized carbons (Fsp3) is 0.273. The number of carbonyl (C=O) groups excluding carboxylic acids is 1. The lowest BCUT2D eigenvalue weighted by Crippen LogP contribution is -2.21. The number of rotatable bonds is 7. The number of hydrogen-bond donors (Lipinski definition) is 2. The van der Waals surface area contributed by atoms with Gasteiger partial charge in [0.25, 0.3) is 0 Å². The van der Waals surface area contributed by atoms with E-state index in [1.807, 2.05) is 0 Å². The molecule has 8 heteroatoms. The lowest BCUT2D eigenvalue weighted by molar-refractivity contribution is -0.146. The standard InChI is InChI=1S/C22H22O8/c1-4-29-22(26)19-14-9-12(5-8-18(24)25)10-17(28-3)21(14)30-20(19)13-6-7-15(23)16(11-13)27-2/h5-11,19-20,23H,4H2,1-3H3,(H,24,25)/b8-5+/t19-,20+/m0/s1. The van der Waals surface area contributed by atoms with E-state index < -0.39 is 24.0 Å². The van der Waals surface area contributed by atoms with E-state index in [-0.39, 0.29) is 18.1 Å². The van der Waals surface area contributed by atoms with Crippen molar-refractivity contribution in [2.75, 3.05) is 20.8 Å². The lowest BCUT2D eigenvalue weighted by atomic mass is 9.90. The average molecular weight is 414 g/mol. The zero-order valence-electron chi connectivity index (χ0n) is 16.7. The van der Waals surface area contributed by atoms with Crippen LogP contribution in [0, 0.1) is 0 Å². The molecule has 0 aliphatic carbocycles. The summed E-state index contributed by atoms with van der Waals surface area (Å²) in [5.41, 5.74) is 1.66. The molecule has 0 amide bonds. The second kappa shape index (κ2) is 8.77.